The van der Waals surface area contributed by atoms with E-state index in [1.54, 1.807) is 6.33 Å². The molecule has 0 unspecified atom stereocenters. The lowest BCUT2D eigenvalue weighted by molar-refractivity contribution is -0.113. The molecule has 1 fully saturated rings. The van der Waals surface area contributed by atoms with Gasteiger partial charge < -0.3 is 10.2 Å². The molecule has 1 aliphatic heterocycles. The highest BCUT2D eigenvalue weighted by Gasteiger charge is 2.18. The van der Waals surface area contributed by atoms with Gasteiger partial charge in [0.1, 0.15) is 17.2 Å². The summed E-state index contributed by atoms with van der Waals surface area (Å²) >= 11 is 7.51. The molecule has 0 spiro atoms. The summed E-state index contributed by atoms with van der Waals surface area (Å²) in [6.07, 6.45) is 4.04. The molecule has 3 rings (SSSR count). The Labute approximate surface area is 163 Å². The number of anilines is 2. The number of hydrogen-bond acceptors (Lipinski definition) is 5. The van der Waals surface area contributed by atoms with Crippen LogP contribution in [0.2, 0.25) is 5.02 Å². The van der Waals surface area contributed by atoms with Crippen LogP contribution in [0.1, 0.15) is 25.3 Å². The topological polar surface area (TPSA) is 58.1 Å². The van der Waals surface area contributed by atoms with Gasteiger partial charge in [-0.15, -0.1) is 0 Å². The van der Waals surface area contributed by atoms with Crippen molar-refractivity contribution < 1.29 is 4.79 Å². The third-order valence-electron chi connectivity index (χ3n) is 4.50. The van der Waals surface area contributed by atoms with E-state index in [-0.39, 0.29) is 5.91 Å². The van der Waals surface area contributed by atoms with E-state index in [0.717, 1.165) is 35.2 Å². The van der Waals surface area contributed by atoms with Crippen molar-refractivity contribution >= 4 is 40.8 Å². The molecule has 0 bridgehead atoms. The van der Waals surface area contributed by atoms with Gasteiger partial charge in [-0.3, -0.25) is 4.79 Å². The average Bonchev–Trinajstić information content (AvgIpc) is 2.64. The van der Waals surface area contributed by atoms with E-state index in [1.165, 1.54) is 24.6 Å². The van der Waals surface area contributed by atoms with Crippen LogP contribution in [0.4, 0.5) is 11.5 Å². The molecule has 138 valence electrons. The number of carbonyl (C=O) groups is 1. The van der Waals surface area contributed by atoms with E-state index in [1.807, 2.05) is 31.2 Å². The van der Waals surface area contributed by atoms with Gasteiger partial charge in [0.15, 0.2) is 0 Å². The van der Waals surface area contributed by atoms with Gasteiger partial charge in [-0.2, -0.15) is 0 Å². The maximum Gasteiger partial charge on any atom is 0.234 e. The molecule has 1 aliphatic rings. The molecule has 2 aromatic rings. The molecule has 0 radical (unpaired) electrons. The summed E-state index contributed by atoms with van der Waals surface area (Å²) in [6.45, 7) is 6.21. The zero-order chi connectivity index (χ0) is 18.5. The molecule has 0 saturated carbocycles. The highest BCUT2D eigenvalue weighted by molar-refractivity contribution is 7.99. The smallest absolute Gasteiger partial charge is 0.234 e. The summed E-state index contributed by atoms with van der Waals surface area (Å²) in [5, 5.41) is 4.36. The second-order valence-electron chi connectivity index (χ2n) is 6.66. The van der Waals surface area contributed by atoms with Gasteiger partial charge in [0.05, 0.1) is 5.75 Å². The highest BCUT2D eigenvalue weighted by Crippen LogP contribution is 2.25. The predicted octanol–water partition coefficient (Wildman–Crippen LogP) is 4.41. The highest BCUT2D eigenvalue weighted by atomic mass is 35.5. The number of rotatable bonds is 5. The molecule has 2 heterocycles. The van der Waals surface area contributed by atoms with Crippen LogP contribution < -0.4 is 10.2 Å². The van der Waals surface area contributed by atoms with Crippen molar-refractivity contribution in [1.29, 1.82) is 0 Å². The number of nitrogens with one attached hydrogen (secondary N) is 1. The fraction of sp³-hybridized carbons (Fsp3) is 0.421. The average molecular weight is 391 g/mol. The molecule has 0 aliphatic carbocycles. The first-order chi connectivity index (χ1) is 12.5. The van der Waals surface area contributed by atoms with E-state index < -0.39 is 0 Å². The first kappa shape index (κ1) is 19.0. The van der Waals surface area contributed by atoms with E-state index >= 15 is 0 Å². The van der Waals surface area contributed by atoms with Crippen molar-refractivity contribution in [2.45, 2.75) is 31.7 Å². The van der Waals surface area contributed by atoms with E-state index in [0.29, 0.717) is 16.7 Å². The van der Waals surface area contributed by atoms with Crippen LogP contribution in [0.25, 0.3) is 0 Å². The number of aromatic nitrogens is 2. The van der Waals surface area contributed by atoms with Crippen LogP contribution in [0, 0.1) is 12.8 Å². The van der Waals surface area contributed by atoms with Crippen LogP contribution in [0.15, 0.2) is 35.6 Å². The summed E-state index contributed by atoms with van der Waals surface area (Å²) in [4.78, 5) is 23.2. The van der Waals surface area contributed by atoms with Crippen molar-refractivity contribution in [2.75, 3.05) is 29.1 Å². The third-order valence-corrected chi connectivity index (χ3v) is 5.84. The summed E-state index contributed by atoms with van der Waals surface area (Å²) in [5.74, 6) is 1.84. The first-order valence-corrected chi connectivity index (χ1v) is 10.1. The molecule has 26 heavy (non-hydrogen) atoms. The van der Waals surface area contributed by atoms with Gasteiger partial charge in [-0.25, -0.2) is 9.97 Å². The lowest BCUT2D eigenvalue weighted by atomic mass is 10.0. The summed E-state index contributed by atoms with van der Waals surface area (Å²) < 4.78 is 0. The Morgan fingerprint density at radius 2 is 2.27 bits per heavy atom. The Morgan fingerprint density at radius 3 is 3.08 bits per heavy atom. The molecule has 7 heteroatoms. The van der Waals surface area contributed by atoms with Gasteiger partial charge in [0.2, 0.25) is 5.91 Å². The van der Waals surface area contributed by atoms with Crippen molar-refractivity contribution in [3.8, 4) is 0 Å². The number of hydrogen-bond donors (Lipinski definition) is 1. The Morgan fingerprint density at radius 1 is 1.42 bits per heavy atom. The molecule has 1 aromatic heterocycles. The van der Waals surface area contributed by atoms with Crippen LogP contribution in [0.5, 0.6) is 0 Å². The number of benzene rings is 1. The van der Waals surface area contributed by atoms with Crippen LogP contribution in [-0.2, 0) is 4.79 Å². The third kappa shape index (κ3) is 4.89. The van der Waals surface area contributed by atoms with Crippen LogP contribution in [-0.4, -0.2) is 34.7 Å². The number of halogens is 1. The molecular weight excluding hydrogens is 368 g/mol. The second kappa shape index (κ2) is 8.73. The maximum absolute atomic E-state index is 12.3. The molecule has 5 nitrogen and oxygen atoms in total. The maximum atomic E-state index is 12.3. The Kier molecular flexibility index (Phi) is 6.38. The zero-order valence-electron chi connectivity index (χ0n) is 15.0. The van der Waals surface area contributed by atoms with Gasteiger partial charge in [-0.1, -0.05) is 36.4 Å². The van der Waals surface area contributed by atoms with Crippen LogP contribution in [0.3, 0.4) is 0 Å². The fourth-order valence-corrected chi connectivity index (χ4v) is 3.88. The minimum absolute atomic E-state index is 0.0767. The normalized spacial score (nSPS) is 17.2. The monoisotopic (exact) mass is 390 g/mol. The summed E-state index contributed by atoms with van der Waals surface area (Å²) in [6, 6.07) is 7.46. The second-order valence-corrected chi connectivity index (χ2v) is 8.06. The molecule has 1 saturated heterocycles. The van der Waals surface area contributed by atoms with Gasteiger partial charge in [0, 0.05) is 29.9 Å². The lowest BCUT2D eigenvalue weighted by Gasteiger charge is -2.31. The van der Waals surface area contributed by atoms with Gasteiger partial charge in [0.25, 0.3) is 0 Å². The minimum atomic E-state index is -0.0767. The minimum Gasteiger partial charge on any atom is -0.356 e. The molecule has 1 aromatic carbocycles. The summed E-state index contributed by atoms with van der Waals surface area (Å²) in [7, 11) is 0. The summed E-state index contributed by atoms with van der Waals surface area (Å²) in [5.41, 5.74) is 1.62. The van der Waals surface area contributed by atoms with Crippen molar-refractivity contribution in [2.24, 2.45) is 5.92 Å². The van der Waals surface area contributed by atoms with Crippen LogP contribution >= 0.6 is 23.4 Å². The first-order valence-electron chi connectivity index (χ1n) is 8.77. The van der Waals surface area contributed by atoms with E-state index in [9.17, 15) is 4.79 Å². The fourth-order valence-electron chi connectivity index (χ4n) is 3.05. The van der Waals surface area contributed by atoms with E-state index in [2.05, 4.69) is 27.1 Å². The quantitative estimate of drug-likeness (QED) is 0.605. The molecular formula is C19H23ClN4OS. The molecule has 1 amide bonds. The molecule has 1 N–H and O–H groups in total. The number of amides is 1. The Bertz CT molecular complexity index is 786. The van der Waals surface area contributed by atoms with Gasteiger partial charge >= 0.3 is 0 Å². The lowest BCUT2D eigenvalue weighted by Crippen LogP contribution is -2.34. The number of thioether (sulfide) groups is 1. The number of carbonyl (C=O) groups excluding carboxylic acids is 1. The van der Waals surface area contributed by atoms with Crippen molar-refractivity contribution in [3.63, 3.8) is 0 Å². The number of nitrogens with zero attached hydrogens (tertiary/aromatic N) is 3. The molecule has 1 atom stereocenters. The standard InChI is InChI=1S/C19H23ClN4OS/c1-13-5-4-8-24(10-13)17-9-19(22-12-21-17)26-11-18(25)23-16-7-3-6-15(20)14(16)2/h3,6-7,9,12-13H,4-5,8,10-11H2,1-2H3,(H,23,25)/t13-/m1/s1. The van der Waals surface area contributed by atoms with Crippen molar-refractivity contribution in [1.82, 2.24) is 9.97 Å². The predicted molar refractivity (Wildman–Crippen MR) is 108 cm³/mol. The largest absolute Gasteiger partial charge is 0.356 e. The Balaban J connectivity index is 1.58. The SMILES string of the molecule is Cc1c(Cl)cccc1NC(=O)CSc1cc(N2CCC[C@@H](C)C2)ncn1. The van der Waals surface area contributed by atoms with Crippen molar-refractivity contribution in [3.05, 3.63) is 41.2 Å². The van der Waals surface area contributed by atoms with E-state index in [4.69, 9.17) is 11.6 Å². The van der Waals surface area contributed by atoms with Gasteiger partial charge in [-0.05, 0) is 43.4 Å². The zero-order valence-corrected chi connectivity index (χ0v) is 16.6. The Hall–Kier alpha value is -1.79. The number of piperidine rings is 1.